The van der Waals surface area contributed by atoms with Gasteiger partial charge in [0, 0.05) is 13.1 Å². The maximum atomic E-state index is 13.2. The summed E-state index contributed by atoms with van der Waals surface area (Å²) in [6, 6.07) is 13.5. The number of hydrogen-bond donors (Lipinski definition) is 1. The third kappa shape index (κ3) is 2.72. The fourth-order valence-electron chi connectivity index (χ4n) is 3.86. The average molecular weight is 335 g/mol. The molecule has 0 atom stereocenters. The van der Waals surface area contributed by atoms with Gasteiger partial charge in [0.15, 0.2) is 0 Å². The summed E-state index contributed by atoms with van der Waals surface area (Å²) in [4.78, 5) is 26.3. The zero-order valence-electron chi connectivity index (χ0n) is 14.3. The van der Waals surface area contributed by atoms with Gasteiger partial charge in [-0.1, -0.05) is 35.9 Å². The highest BCUT2D eigenvalue weighted by atomic mass is 16.4. The highest BCUT2D eigenvalue weighted by molar-refractivity contribution is 5.92. The molecule has 1 fully saturated rings. The lowest BCUT2D eigenvalue weighted by Gasteiger charge is -2.32. The fourth-order valence-corrected chi connectivity index (χ4v) is 3.86. The van der Waals surface area contributed by atoms with Gasteiger partial charge in [0.25, 0.3) is 0 Å². The van der Waals surface area contributed by atoms with E-state index in [9.17, 15) is 14.7 Å². The average Bonchev–Trinajstić information content (AvgIpc) is 3.42. The van der Waals surface area contributed by atoms with Gasteiger partial charge in [0.1, 0.15) is 0 Å². The number of hydrogen-bond acceptors (Lipinski definition) is 2. The molecule has 0 radical (unpaired) electrons. The van der Waals surface area contributed by atoms with E-state index in [4.69, 9.17) is 0 Å². The molecule has 2 aromatic rings. The van der Waals surface area contributed by atoms with E-state index in [1.165, 1.54) is 5.56 Å². The molecule has 1 heterocycles. The Labute approximate surface area is 147 Å². The molecule has 2 aliphatic rings. The second kappa shape index (κ2) is 5.73. The number of nitrogens with zero attached hydrogens (tertiary/aromatic N) is 1. The van der Waals surface area contributed by atoms with Crippen LogP contribution in [0.3, 0.4) is 0 Å². The molecular formula is C21H21NO3. The van der Waals surface area contributed by atoms with Crippen LogP contribution in [0.2, 0.25) is 0 Å². The number of amides is 1. The standard InChI is InChI=1S/C21H21NO3/c1-14-3-2-4-18(11-14)21(8-9-21)20(25)22-10-7-15-5-6-16(19(23)24)12-17(15)13-22/h2-6,11-12H,7-10,13H2,1H3,(H,23,24). The van der Waals surface area contributed by atoms with Crippen molar-refractivity contribution in [2.24, 2.45) is 0 Å². The van der Waals surface area contributed by atoms with E-state index >= 15 is 0 Å². The van der Waals surface area contributed by atoms with Crippen molar-refractivity contribution in [1.29, 1.82) is 0 Å². The third-order valence-electron chi connectivity index (χ3n) is 5.48. The van der Waals surface area contributed by atoms with Crippen LogP contribution in [-0.4, -0.2) is 28.4 Å². The van der Waals surface area contributed by atoms with Crippen molar-refractivity contribution in [1.82, 2.24) is 4.90 Å². The second-order valence-corrected chi connectivity index (χ2v) is 7.22. The van der Waals surface area contributed by atoms with Crippen LogP contribution in [0, 0.1) is 6.92 Å². The molecule has 2 aromatic carbocycles. The summed E-state index contributed by atoms with van der Waals surface area (Å²) in [6.07, 6.45) is 2.58. The van der Waals surface area contributed by atoms with Crippen molar-refractivity contribution in [2.45, 2.75) is 38.1 Å². The number of fused-ring (bicyclic) bond motifs is 1. The SMILES string of the molecule is Cc1cccc(C2(C(=O)N3CCc4ccc(C(=O)O)cc4C3)CC2)c1. The lowest BCUT2D eigenvalue weighted by Crippen LogP contribution is -2.42. The number of carboxylic acid groups (broad SMARTS) is 1. The minimum Gasteiger partial charge on any atom is -0.478 e. The van der Waals surface area contributed by atoms with Gasteiger partial charge in [-0.05, 0) is 55.0 Å². The van der Waals surface area contributed by atoms with E-state index < -0.39 is 5.97 Å². The number of carboxylic acids is 1. The van der Waals surface area contributed by atoms with E-state index in [-0.39, 0.29) is 16.9 Å². The molecule has 128 valence electrons. The van der Waals surface area contributed by atoms with Gasteiger partial charge in [-0.15, -0.1) is 0 Å². The fraction of sp³-hybridized carbons (Fsp3) is 0.333. The maximum Gasteiger partial charge on any atom is 0.335 e. The molecule has 0 aromatic heterocycles. The Bertz CT molecular complexity index is 867. The Morgan fingerprint density at radius 1 is 1.08 bits per heavy atom. The first-order valence-corrected chi connectivity index (χ1v) is 8.71. The Hall–Kier alpha value is -2.62. The van der Waals surface area contributed by atoms with Gasteiger partial charge >= 0.3 is 5.97 Å². The Morgan fingerprint density at radius 3 is 2.56 bits per heavy atom. The molecule has 1 saturated carbocycles. The van der Waals surface area contributed by atoms with E-state index in [0.29, 0.717) is 13.1 Å². The molecule has 4 heteroatoms. The summed E-state index contributed by atoms with van der Waals surface area (Å²) in [5.41, 5.74) is 4.31. The number of benzene rings is 2. The van der Waals surface area contributed by atoms with Gasteiger partial charge < -0.3 is 10.0 Å². The van der Waals surface area contributed by atoms with Crippen LogP contribution in [0.25, 0.3) is 0 Å². The topological polar surface area (TPSA) is 57.6 Å². The van der Waals surface area contributed by atoms with Crippen molar-refractivity contribution in [3.05, 3.63) is 70.3 Å². The quantitative estimate of drug-likeness (QED) is 0.936. The zero-order valence-corrected chi connectivity index (χ0v) is 14.3. The molecule has 0 bridgehead atoms. The summed E-state index contributed by atoms with van der Waals surface area (Å²) >= 11 is 0. The molecule has 0 unspecified atom stereocenters. The van der Waals surface area contributed by atoms with E-state index in [1.54, 1.807) is 12.1 Å². The summed E-state index contributed by atoms with van der Waals surface area (Å²) < 4.78 is 0. The molecule has 1 aliphatic heterocycles. The van der Waals surface area contributed by atoms with Crippen LogP contribution in [0.5, 0.6) is 0 Å². The van der Waals surface area contributed by atoms with E-state index in [0.717, 1.165) is 36.0 Å². The molecule has 0 saturated heterocycles. The smallest absolute Gasteiger partial charge is 0.335 e. The molecule has 25 heavy (non-hydrogen) atoms. The van der Waals surface area contributed by atoms with Crippen LogP contribution in [-0.2, 0) is 23.2 Å². The van der Waals surface area contributed by atoms with Crippen molar-refractivity contribution in [2.75, 3.05) is 6.54 Å². The van der Waals surface area contributed by atoms with Gasteiger partial charge in [-0.3, -0.25) is 4.79 Å². The lowest BCUT2D eigenvalue weighted by molar-refractivity contribution is -0.134. The lowest BCUT2D eigenvalue weighted by atomic mass is 9.91. The summed E-state index contributed by atoms with van der Waals surface area (Å²) in [7, 11) is 0. The summed E-state index contributed by atoms with van der Waals surface area (Å²) in [5, 5.41) is 9.19. The number of aryl methyl sites for hydroxylation is 1. The highest BCUT2D eigenvalue weighted by Gasteiger charge is 2.53. The van der Waals surface area contributed by atoms with Crippen LogP contribution in [0.1, 0.15) is 45.5 Å². The van der Waals surface area contributed by atoms with Crippen molar-refractivity contribution >= 4 is 11.9 Å². The summed E-state index contributed by atoms with van der Waals surface area (Å²) in [5.74, 6) is -0.742. The van der Waals surface area contributed by atoms with E-state index in [2.05, 4.69) is 25.1 Å². The first kappa shape index (κ1) is 15.9. The van der Waals surface area contributed by atoms with Gasteiger partial charge in [0.05, 0.1) is 11.0 Å². The molecule has 1 N–H and O–H groups in total. The predicted molar refractivity (Wildman–Crippen MR) is 94.6 cm³/mol. The van der Waals surface area contributed by atoms with Crippen molar-refractivity contribution < 1.29 is 14.7 Å². The Kier molecular flexibility index (Phi) is 3.64. The van der Waals surface area contributed by atoms with Crippen LogP contribution < -0.4 is 0 Å². The number of rotatable bonds is 3. The largest absolute Gasteiger partial charge is 0.478 e. The van der Waals surface area contributed by atoms with Crippen LogP contribution in [0.15, 0.2) is 42.5 Å². The number of carbonyl (C=O) groups excluding carboxylic acids is 1. The Balaban J connectivity index is 1.60. The second-order valence-electron chi connectivity index (χ2n) is 7.22. The first-order valence-electron chi connectivity index (χ1n) is 8.71. The molecule has 4 rings (SSSR count). The van der Waals surface area contributed by atoms with Crippen molar-refractivity contribution in [3.63, 3.8) is 0 Å². The maximum absolute atomic E-state index is 13.2. The van der Waals surface area contributed by atoms with Gasteiger partial charge in [-0.25, -0.2) is 4.79 Å². The van der Waals surface area contributed by atoms with Crippen molar-refractivity contribution in [3.8, 4) is 0 Å². The van der Waals surface area contributed by atoms with Crippen LogP contribution >= 0.6 is 0 Å². The van der Waals surface area contributed by atoms with Gasteiger partial charge in [0.2, 0.25) is 5.91 Å². The minimum absolute atomic E-state index is 0.185. The first-order chi connectivity index (χ1) is 12.0. The molecule has 1 amide bonds. The van der Waals surface area contributed by atoms with E-state index in [1.807, 2.05) is 17.0 Å². The number of carbonyl (C=O) groups is 2. The minimum atomic E-state index is -0.926. The monoisotopic (exact) mass is 335 g/mol. The normalized spacial score (nSPS) is 17.7. The number of aromatic carboxylic acids is 1. The van der Waals surface area contributed by atoms with Gasteiger partial charge in [-0.2, -0.15) is 0 Å². The Morgan fingerprint density at radius 2 is 1.88 bits per heavy atom. The summed E-state index contributed by atoms with van der Waals surface area (Å²) in [6.45, 7) is 3.25. The van der Waals surface area contributed by atoms with Crippen LogP contribution in [0.4, 0.5) is 0 Å². The predicted octanol–water partition coefficient (Wildman–Crippen LogP) is 3.31. The molecule has 1 aliphatic carbocycles. The molecular weight excluding hydrogens is 314 g/mol. The molecule has 0 spiro atoms. The third-order valence-corrected chi connectivity index (χ3v) is 5.48. The molecule has 4 nitrogen and oxygen atoms in total. The highest BCUT2D eigenvalue weighted by Crippen LogP contribution is 2.50. The zero-order chi connectivity index (χ0) is 17.6.